The van der Waals surface area contributed by atoms with Gasteiger partial charge in [0.05, 0.1) is 32.0 Å². The number of aliphatic hydroxyl groups excluding tert-OH is 8. The Kier molecular flexibility index (Phi) is 48.1. The molecule has 2 aliphatic heterocycles. The van der Waals surface area contributed by atoms with E-state index >= 15 is 0 Å². The number of hydrogen-bond donors (Lipinski definition) is 9. The Bertz CT molecular complexity index is 1970. The van der Waals surface area contributed by atoms with E-state index in [1.807, 2.05) is 6.08 Å². The van der Waals surface area contributed by atoms with Gasteiger partial charge in [0.2, 0.25) is 5.91 Å². The molecule has 2 rings (SSSR count). The van der Waals surface area contributed by atoms with Crippen molar-refractivity contribution in [2.24, 2.45) is 0 Å². The van der Waals surface area contributed by atoms with Crippen LogP contribution in [0.2, 0.25) is 0 Å². The number of carbonyl (C=O) groups excluding carboxylic acids is 1. The largest absolute Gasteiger partial charge is 0.394 e. The minimum atomic E-state index is -1.80. The maximum Gasteiger partial charge on any atom is 0.220 e. The van der Waals surface area contributed by atoms with Crippen LogP contribution in [0.3, 0.4) is 0 Å². The van der Waals surface area contributed by atoms with Crippen molar-refractivity contribution >= 4 is 5.91 Å². The molecule has 476 valence electrons. The van der Waals surface area contributed by atoms with Crippen LogP contribution < -0.4 is 5.32 Å². The van der Waals surface area contributed by atoms with Crippen LogP contribution in [0, 0.1) is 0 Å². The van der Waals surface area contributed by atoms with Gasteiger partial charge in [0.25, 0.3) is 0 Å². The van der Waals surface area contributed by atoms with E-state index in [9.17, 15) is 45.6 Å². The summed E-state index contributed by atoms with van der Waals surface area (Å²) in [5, 5.41) is 87.1. The molecule has 84 heavy (non-hydrogen) atoms. The second kappa shape index (κ2) is 53.1. The van der Waals surface area contributed by atoms with Gasteiger partial charge in [0, 0.05) is 6.42 Å². The molecule has 2 aliphatic rings. The molecule has 1 amide bonds. The van der Waals surface area contributed by atoms with Crippen LogP contribution in [-0.4, -0.2) is 140 Å². The summed E-state index contributed by atoms with van der Waals surface area (Å²) in [4.78, 5) is 13.3. The topological polar surface area (TPSA) is 228 Å². The van der Waals surface area contributed by atoms with Crippen LogP contribution >= 0.6 is 0 Å². The third-order valence-electron chi connectivity index (χ3n) is 14.5. The Balaban J connectivity index is 1.75. The van der Waals surface area contributed by atoms with E-state index in [0.29, 0.717) is 12.8 Å². The quantitative estimate of drug-likeness (QED) is 0.0204. The van der Waals surface area contributed by atoms with E-state index in [1.54, 1.807) is 6.08 Å². The first kappa shape index (κ1) is 76.0. The summed E-state index contributed by atoms with van der Waals surface area (Å²) in [7, 11) is 0. The van der Waals surface area contributed by atoms with Crippen LogP contribution in [0.5, 0.6) is 0 Å². The van der Waals surface area contributed by atoms with Crippen molar-refractivity contribution in [2.75, 3.05) is 19.8 Å². The highest BCUT2D eigenvalue weighted by molar-refractivity contribution is 5.76. The van der Waals surface area contributed by atoms with Crippen molar-refractivity contribution in [3.05, 3.63) is 146 Å². The highest BCUT2D eigenvalue weighted by atomic mass is 16.7. The maximum absolute atomic E-state index is 13.3. The second-order valence-corrected chi connectivity index (χ2v) is 21.8. The Morgan fingerprint density at radius 3 is 1.31 bits per heavy atom. The summed E-state index contributed by atoms with van der Waals surface area (Å²) < 4.78 is 22.7. The number of carbonyl (C=O) groups is 1. The third-order valence-corrected chi connectivity index (χ3v) is 14.5. The number of aliphatic hydroxyl groups is 8. The number of amides is 1. The second-order valence-electron chi connectivity index (χ2n) is 21.8. The van der Waals surface area contributed by atoms with Gasteiger partial charge in [-0.25, -0.2) is 0 Å². The van der Waals surface area contributed by atoms with Crippen LogP contribution in [0.25, 0.3) is 0 Å². The van der Waals surface area contributed by atoms with E-state index < -0.39 is 86.8 Å². The molecule has 12 atom stereocenters. The Morgan fingerprint density at radius 2 is 0.833 bits per heavy atom. The van der Waals surface area contributed by atoms with Crippen LogP contribution in [0.4, 0.5) is 0 Å². The molecule has 2 heterocycles. The zero-order valence-corrected chi connectivity index (χ0v) is 51.3. The molecular formula is C70H113NO13. The molecule has 0 aromatic heterocycles. The lowest BCUT2D eigenvalue weighted by Crippen LogP contribution is -2.65. The van der Waals surface area contributed by atoms with Crippen molar-refractivity contribution in [2.45, 2.75) is 267 Å². The average Bonchev–Trinajstić information content (AvgIpc) is 3.17. The SMILES string of the molecule is CC/C=C\C/C=C\C/C=C\C/C=C\C/C=C\C/C=C\C/C=C\C/C=C\C/C=C\C/C=C\CCCCC(=O)NC(COC1OC(CO)C(OC2OC(CO)C(O)C(O)C2O)C(O)C1O)C(O)/C=C/CC/C=C/CCCCCCCCCCCCC. The molecule has 9 N–H and O–H groups in total. The van der Waals surface area contributed by atoms with Crippen molar-refractivity contribution in [1.82, 2.24) is 5.32 Å². The molecule has 0 aromatic carbocycles. The fraction of sp³-hybridized carbons (Fsp3) is 0.643. The molecule has 0 spiro atoms. The van der Waals surface area contributed by atoms with Gasteiger partial charge in [0.1, 0.15) is 48.8 Å². The Hall–Kier alpha value is -4.13. The highest BCUT2D eigenvalue weighted by Gasteiger charge is 2.51. The van der Waals surface area contributed by atoms with Crippen LogP contribution in [0.15, 0.2) is 146 Å². The van der Waals surface area contributed by atoms with E-state index in [-0.39, 0.29) is 18.9 Å². The first-order valence-electron chi connectivity index (χ1n) is 32.1. The normalized spacial score (nSPS) is 24.7. The highest BCUT2D eigenvalue weighted by Crippen LogP contribution is 2.30. The minimum Gasteiger partial charge on any atom is -0.394 e. The monoisotopic (exact) mass is 1180 g/mol. The summed E-state index contributed by atoms with van der Waals surface area (Å²) in [6, 6.07) is -0.967. The zero-order chi connectivity index (χ0) is 60.9. The molecule has 2 saturated heterocycles. The lowest BCUT2D eigenvalue weighted by molar-refractivity contribution is -0.359. The van der Waals surface area contributed by atoms with Gasteiger partial charge in [-0.05, 0) is 109 Å². The molecule has 0 aliphatic carbocycles. The molecule has 0 bridgehead atoms. The van der Waals surface area contributed by atoms with Gasteiger partial charge in [-0.3, -0.25) is 4.79 Å². The fourth-order valence-corrected chi connectivity index (χ4v) is 9.39. The lowest BCUT2D eigenvalue weighted by Gasteiger charge is -2.46. The third kappa shape index (κ3) is 37.4. The summed E-state index contributed by atoms with van der Waals surface area (Å²) in [6.45, 7) is 2.62. The Labute approximate surface area is 506 Å². The predicted molar refractivity (Wildman–Crippen MR) is 341 cm³/mol. The zero-order valence-electron chi connectivity index (χ0n) is 51.3. The Morgan fingerprint density at radius 1 is 0.440 bits per heavy atom. The molecule has 2 fully saturated rings. The lowest BCUT2D eigenvalue weighted by atomic mass is 9.97. The smallest absolute Gasteiger partial charge is 0.220 e. The molecule has 12 unspecified atom stereocenters. The van der Waals surface area contributed by atoms with Gasteiger partial charge in [0.15, 0.2) is 12.6 Å². The summed E-state index contributed by atoms with van der Waals surface area (Å²) in [5.41, 5.74) is 0. The van der Waals surface area contributed by atoms with Gasteiger partial charge < -0.3 is 65.1 Å². The number of allylic oxidation sites excluding steroid dienone is 23. The first-order chi connectivity index (χ1) is 41.1. The van der Waals surface area contributed by atoms with E-state index in [4.69, 9.17) is 18.9 Å². The average molecular weight is 1180 g/mol. The molecular weight excluding hydrogens is 1060 g/mol. The minimum absolute atomic E-state index is 0.208. The maximum atomic E-state index is 13.3. The number of rotatable bonds is 49. The number of unbranched alkanes of at least 4 members (excludes halogenated alkanes) is 14. The summed E-state index contributed by atoms with van der Waals surface area (Å²) in [6.07, 6.45) is 63.2. The fourth-order valence-electron chi connectivity index (χ4n) is 9.39. The van der Waals surface area contributed by atoms with Gasteiger partial charge in [-0.1, -0.05) is 224 Å². The van der Waals surface area contributed by atoms with Crippen molar-refractivity contribution in [3.8, 4) is 0 Å². The van der Waals surface area contributed by atoms with E-state index in [2.05, 4.69) is 153 Å². The molecule has 14 nitrogen and oxygen atoms in total. The van der Waals surface area contributed by atoms with Crippen LogP contribution in [-0.2, 0) is 23.7 Å². The summed E-state index contributed by atoms with van der Waals surface area (Å²) in [5.74, 6) is -0.298. The number of ether oxygens (including phenoxy) is 4. The molecule has 14 heteroatoms. The standard InChI is InChI=1S/C70H113NO13/c1-3-5-7-9-11-13-15-17-19-21-22-23-24-25-26-27-28-29-30-31-32-33-34-35-36-38-40-42-44-46-48-50-52-54-62(75)71-58(59(74)53-51-49-47-45-43-41-39-37-20-18-16-14-12-10-8-6-4-2)57-81-69-67(80)65(78)68(61(56-73)83-69)84-70-66(79)64(77)63(76)60(55-72)82-70/h5,7,11,13,17,19,22-23,25-26,28-29,31-32,34-35,38,40,43-46,51,53,58-61,63-70,72-74,76-80H,3-4,6,8-10,12,14-16,18,20-21,24,27,30,33,36-37,39,41-42,47-50,52,54-57H2,1-2H3,(H,71,75)/b7-5-,13-11-,19-17-,23-22-,26-25-,29-28-,32-31-,35-34-,40-38-,45-43+,46-44-,53-51+. The van der Waals surface area contributed by atoms with Gasteiger partial charge in [-0.2, -0.15) is 0 Å². The molecule has 0 radical (unpaired) electrons. The molecule has 0 saturated carbocycles. The predicted octanol–water partition coefficient (Wildman–Crippen LogP) is 12.1. The van der Waals surface area contributed by atoms with Crippen molar-refractivity contribution in [3.63, 3.8) is 0 Å². The first-order valence-corrected chi connectivity index (χ1v) is 32.1. The number of hydrogen-bond acceptors (Lipinski definition) is 13. The number of nitrogens with one attached hydrogen (secondary N) is 1. The van der Waals surface area contributed by atoms with E-state index in [0.717, 1.165) is 89.9 Å². The van der Waals surface area contributed by atoms with Crippen LogP contribution in [0.1, 0.15) is 194 Å². The van der Waals surface area contributed by atoms with E-state index in [1.165, 1.54) is 70.6 Å². The molecule has 0 aromatic rings. The van der Waals surface area contributed by atoms with Gasteiger partial charge in [-0.15, -0.1) is 0 Å². The van der Waals surface area contributed by atoms with Crippen molar-refractivity contribution < 1.29 is 64.6 Å². The van der Waals surface area contributed by atoms with Gasteiger partial charge >= 0.3 is 0 Å². The summed E-state index contributed by atoms with van der Waals surface area (Å²) >= 11 is 0. The van der Waals surface area contributed by atoms with Crippen molar-refractivity contribution in [1.29, 1.82) is 0 Å².